The van der Waals surface area contributed by atoms with Crippen molar-refractivity contribution in [3.63, 3.8) is 0 Å². The van der Waals surface area contributed by atoms with Gasteiger partial charge in [0.2, 0.25) is 0 Å². The fourth-order valence-corrected chi connectivity index (χ4v) is 2.90. The zero-order valence-corrected chi connectivity index (χ0v) is 9.31. The molecule has 0 saturated heterocycles. The minimum absolute atomic E-state index is 0.0319. The van der Waals surface area contributed by atoms with E-state index in [0.717, 1.165) is 25.7 Å². The van der Waals surface area contributed by atoms with Gasteiger partial charge in [-0.1, -0.05) is 12.8 Å². The lowest BCUT2D eigenvalue weighted by molar-refractivity contribution is -0.152. The van der Waals surface area contributed by atoms with Crippen molar-refractivity contribution < 1.29 is 19.4 Å². The van der Waals surface area contributed by atoms with Gasteiger partial charge in [-0.15, -0.1) is 0 Å². The van der Waals surface area contributed by atoms with Gasteiger partial charge in [0.25, 0.3) is 0 Å². The molecule has 0 aliphatic heterocycles. The number of ether oxygens (including phenoxy) is 1. The van der Waals surface area contributed by atoms with E-state index in [1.165, 1.54) is 13.2 Å². The number of methoxy groups -OCH3 is 1. The van der Waals surface area contributed by atoms with Crippen molar-refractivity contribution in [3.05, 3.63) is 11.8 Å². The quantitative estimate of drug-likeness (QED) is 0.543. The summed E-state index contributed by atoms with van der Waals surface area (Å²) in [5.74, 6) is -1.44. The zero-order chi connectivity index (χ0) is 11.7. The maximum Gasteiger partial charge on any atom is 0.316 e. The van der Waals surface area contributed by atoms with Crippen LogP contribution in [0.4, 0.5) is 0 Å². The Morgan fingerprint density at radius 3 is 2.81 bits per heavy atom. The molecule has 3 atom stereocenters. The average molecular weight is 224 g/mol. The first-order valence-electron chi connectivity index (χ1n) is 5.67. The van der Waals surface area contributed by atoms with E-state index in [4.69, 9.17) is 0 Å². The van der Waals surface area contributed by atoms with Crippen molar-refractivity contribution in [2.45, 2.75) is 25.7 Å². The molecule has 16 heavy (non-hydrogen) atoms. The second-order valence-electron chi connectivity index (χ2n) is 4.53. The van der Waals surface area contributed by atoms with Crippen LogP contribution in [0.1, 0.15) is 25.7 Å². The molecule has 0 bridgehead atoms. The summed E-state index contributed by atoms with van der Waals surface area (Å²) in [5, 5.41) is 9.74. The summed E-state index contributed by atoms with van der Waals surface area (Å²) in [6, 6.07) is 0. The van der Waals surface area contributed by atoms with Gasteiger partial charge in [-0.05, 0) is 18.8 Å². The van der Waals surface area contributed by atoms with Gasteiger partial charge in [-0.3, -0.25) is 9.59 Å². The molecule has 2 rings (SSSR count). The highest BCUT2D eigenvalue weighted by Crippen LogP contribution is 2.42. The molecule has 0 amide bonds. The number of fused-ring (bicyclic) bond motifs is 1. The number of carbonyl (C=O) groups excluding carboxylic acids is 2. The van der Waals surface area contributed by atoms with Gasteiger partial charge in [0, 0.05) is 12.0 Å². The minimum Gasteiger partial charge on any atom is -0.512 e. The molecule has 4 nitrogen and oxygen atoms in total. The summed E-state index contributed by atoms with van der Waals surface area (Å²) in [4.78, 5) is 23.3. The molecule has 0 aromatic rings. The van der Waals surface area contributed by atoms with Gasteiger partial charge in [-0.2, -0.15) is 0 Å². The standard InChI is InChI=1S/C12H16O4/c1-16-12(15)11-8-5-3-2-4-7(8)9(13)6-10(11)14/h6-8,11,13H,2-5H2,1H3/t7-,8-,11+/m0/s1. The first-order valence-corrected chi connectivity index (χ1v) is 5.67. The number of aliphatic hydroxyl groups is 1. The summed E-state index contributed by atoms with van der Waals surface area (Å²) in [6.07, 6.45) is 4.92. The number of allylic oxidation sites excluding steroid dienone is 2. The van der Waals surface area contributed by atoms with Crippen LogP contribution in [0, 0.1) is 17.8 Å². The fraction of sp³-hybridized carbons (Fsp3) is 0.667. The van der Waals surface area contributed by atoms with Gasteiger partial charge >= 0.3 is 5.97 Å². The minimum atomic E-state index is -0.703. The Morgan fingerprint density at radius 1 is 1.44 bits per heavy atom. The van der Waals surface area contributed by atoms with Gasteiger partial charge in [0.1, 0.15) is 5.92 Å². The van der Waals surface area contributed by atoms with Crippen LogP contribution in [0.25, 0.3) is 0 Å². The van der Waals surface area contributed by atoms with Crippen LogP contribution in [-0.2, 0) is 14.3 Å². The monoisotopic (exact) mass is 224 g/mol. The Kier molecular flexibility index (Phi) is 2.99. The number of hydrogen-bond donors (Lipinski definition) is 1. The molecule has 4 heteroatoms. The SMILES string of the molecule is COC(=O)[C@H]1C(=O)C=C(O)[C@H]2CCCC[C@H]12. The molecule has 88 valence electrons. The molecule has 1 N–H and O–H groups in total. The molecule has 0 aromatic heterocycles. The summed E-state index contributed by atoms with van der Waals surface area (Å²) in [6.45, 7) is 0. The zero-order valence-electron chi connectivity index (χ0n) is 9.31. The topological polar surface area (TPSA) is 63.6 Å². The molecule has 0 unspecified atom stereocenters. The van der Waals surface area contributed by atoms with Gasteiger partial charge in [0.05, 0.1) is 12.9 Å². The van der Waals surface area contributed by atoms with Crippen molar-refractivity contribution in [1.29, 1.82) is 0 Å². The normalized spacial score (nSPS) is 33.9. The van der Waals surface area contributed by atoms with Crippen LogP contribution >= 0.6 is 0 Å². The van der Waals surface area contributed by atoms with Gasteiger partial charge < -0.3 is 9.84 Å². The van der Waals surface area contributed by atoms with Crippen LogP contribution < -0.4 is 0 Å². The van der Waals surface area contributed by atoms with E-state index in [1.807, 2.05) is 0 Å². The van der Waals surface area contributed by atoms with Gasteiger partial charge in [0.15, 0.2) is 5.78 Å². The molecule has 2 aliphatic rings. The molecular weight excluding hydrogens is 208 g/mol. The Bertz CT molecular complexity index is 345. The maximum absolute atomic E-state index is 11.7. The van der Waals surface area contributed by atoms with E-state index in [9.17, 15) is 14.7 Å². The van der Waals surface area contributed by atoms with Crippen LogP contribution in [0.5, 0.6) is 0 Å². The number of aliphatic hydroxyl groups excluding tert-OH is 1. The lowest BCUT2D eigenvalue weighted by Gasteiger charge is -2.37. The third kappa shape index (κ3) is 1.72. The fourth-order valence-electron chi connectivity index (χ4n) is 2.90. The largest absolute Gasteiger partial charge is 0.512 e. The predicted octanol–water partition coefficient (Wildman–Crippen LogP) is 1.61. The highest BCUT2D eigenvalue weighted by atomic mass is 16.5. The second kappa shape index (κ2) is 4.28. The number of ketones is 1. The summed E-state index contributed by atoms with van der Waals surface area (Å²) >= 11 is 0. The number of carbonyl (C=O) groups is 2. The Balaban J connectivity index is 2.31. The smallest absolute Gasteiger partial charge is 0.316 e. The summed E-state index contributed by atoms with van der Waals surface area (Å²) < 4.78 is 4.67. The summed E-state index contributed by atoms with van der Waals surface area (Å²) in [7, 11) is 1.30. The molecule has 0 radical (unpaired) electrons. The molecule has 0 aromatic carbocycles. The van der Waals surface area contributed by atoms with E-state index < -0.39 is 11.9 Å². The first kappa shape index (κ1) is 11.2. The number of esters is 1. The van der Waals surface area contributed by atoms with Crippen molar-refractivity contribution in [2.75, 3.05) is 7.11 Å². The maximum atomic E-state index is 11.7. The van der Waals surface area contributed by atoms with Crippen LogP contribution in [0.15, 0.2) is 11.8 Å². The summed E-state index contributed by atoms with van der Waals surface area (Å²) in [5.41, 5.74) is 0. The third-order valence-corrected chi connectivity index (χ3v) is 3.68. The van der Waals surface area contributed by atoms with Crippen molar-refractivity contribution in [1.82, 2.24) is 0 Å². The third-order valence-electron chi connectivity index (χ3n) is 3.68. The van der Waals surface area contributed by atoms with Crippen LogP contribution in [0.2, 0.25) is 0 Å². The average Bonchev–Trinajstić information content (AvgIpc) is 2.28. The van der Waals surface area contributed by atoms with E-state index in [2.05, 4.69) is 4.74 Å². The Hall–Kier alpha value is -1.32. The molecule has 1 fully saturated rings. The molecule has 0 heterocycles. The lowest BCUT2D eigenvalue weighted by atomic mass is 9.67. The van der Waals surface area contributed by atoms with Crippen LogP contribution in [0.3, 0.4) is 0 Å². The van der Waals surface area contributed by atoms with E-state index in [0.29, 0.717) is 0 Å². The van der Waals surface area contributed by atoms with Crippen molar-refractivity contribution in [3.8, 4) is 0 Å². The predicted molar refractivity (Wildman–Crippen MR) is 56.7 cm³/mol. The van der Waals surface area contributed by atoms with Crippen molar-refractivity contribution in [2.24, 2.45) is 17.8 Å². The van der Waals surface area contributed by atoms with Gasteiger partial charge in [-0.25, -0.2) is 0 Å². The number of rotatable bonds is 1. The van der Waals surface area contributed by atoms with E-state index >= 15 is 0 Å². The van der Waals surface area contributed by atoms with E-state index in [-0.39, 0.29) is 23.4 Å². The Morgan fingerprint density at radius 2 is 2.12 bits per heavy atom. The van der Waals surface area contributed by atoms with E-state index in [1.54, 1.807) is 0 Å². The molecule has 1 saturated carbocycles. The molecule has 2 aliphatic carbocycles. The second-order valence-corrected chi connectivity index (χ2v) is 4.53. The highest BCUT2D eigenvalue weighted by Gasteiger charge is 2.45. The lowest BCUT2D eigenvalue weighted by Crippen LogP contribution is -2.41. The number of hydrogen-bond acceptors (Lipinski definition) is 4. The Labute approximate surface area is 94.3 Å². The molecular formula is C12H16O4. The van der Waals surface area contributed by atoms with Crippen molar-refractivity contribution >= 4 is 11.8 Å². The molecule has 0 spiro atoms. The van der Waals surface area contributed by atoms with Crippen LogP contribution in [-0.4, -0.2) is 24.0 Å². The highest BCUT2D eigenvalue weighted by molar-refractivity contribution is 6.06. The first-order chi connectivity index (χ1) is 7.65.